The van der Waals surface area contributed by atoms with Crippen LogP contribution in [-0.2, 0) is 29.7 Å². The van der Waals surface area contributed by atoms with E-state index in [-0.39, 0.29) is 22.9 Å². The standard InChI is InChI=1S/C25H26N4O3S2/c1-18-24(19(2)29(28-18)17-20-8-4-3-5-9-20)16-26-25(30)21-10-6-12-23(14-21)34(31,32)27-15-22-11-7-13-33-22/h3-14,27H,15-17H2,1-2H3,(H,26,30). The molecule has 0 saturated carbocycles. The highest BCUT2D eigenvalue weighted by atomic mass is 32.2. The summed E-state index contributed by atoms with van der Waals surface area (Å²) in [5.74, 6) is -0.343. The minimum atomic E-state index is -3.74. The Kier molecular flexibility index (Phi) is 7.26. The third kappa shape index (κ3) is 5.61. The molecule has 0 spiro atoms. The summed E-state index contributed by atoms with van der Waals surface area (Å²) in [5.41, 5.74) is 4.21. The fourth-order valence-electron chi connectivity index (χ4n) is 3.64. The van der Waals surface area contributed by atoms with E-state index in [0.717, 1.165) is 27.4 Å². The number of benzene rings is 2. The lowest BCUT2D eigenvalue weighted by atomic mass is 10.1. The third-order valence-electron chi connectivity index (χ3n) is 5.56. The molecule has 1 amide bonds. The smallest absolute Gasteiger partial charge is 0.251 e. The number of sulfonamides is 1. The van der Waals surface area contributed by atoms with E-state index in [2.05, 4.69) is 15.1 Å². The van der Waals surface area contributed by atoms with Gasteiger partial charge in [-0.2, -0.15) is 5.10 Å². The van der Waals surface area contributed by atoms with E-state index >= 15 is 0 Å². The summed E-state index contributed by atoms with van der Waals surface area (Å²) < 4.78 is 29.9. The number of rotatable bonds is 9. The highest BCUT2D eigenvalue weighted by Gasteiger charge is 2.18. The Morgan fingerprint density at radius 1 is 1.00 bits per heavy atom. The summed E-state index contributed by atoms with van der Waals surface area (Å²) in [6.07, 6.45) is 0. The van der Waals surface area contributed by atoms with Gasteiger partial charge in [-0.05, 0) is 49.1 Å². The van der Waals surface area contributed by atoms with Gasteiger partial charge in [0.25, 0.3) is 5.91 Å². The second kappa shape index (κ2) is 10.3. The minimum Gasteiger partial charge on any atom is -0.348 e. The summed E-state index contributed by atoms with van der Waals surface area (Å²) >= 11 is 1.48. The van der Waals surface area contributed by atoms with Gasteiger partial charge >= 0.3 is 0 Å². The van der Waals surface area contributed by atoms with E-state index in [1.807, 2.05) is 66.4 Å². The monoisotopic (exact) mass is 494 g/mol. The SMILES string of the molecule is Cc1nn(Cc2ccccc2)c(C)c1CNC(=O)c1cccc(S(=O)(=O)NCc2cccs2)c1. The van der Waals surface area contributed by atoms with Gasteiger partial charge in [-0.15, -0.1) is 11.3 Å². The Bertz CT molecular complexity index is 1380. The number of thiophene rings is 1. The predicted octanol–water partition coefficient (Wildman–Crippen LogP) is 4.02. The first-order valence-electron chi connectivity index (χ1n) is 10.8. The lowest BCUT2D eigenvalue weighted by Crippen LogP contribution is -2.25. The van der Waals surface area contributed by atoms with Crippen molar-refractivity contribution in [2.45, 2.75) is 38.4 Å². The molecule has 176 valence electrons. The zero-order valence-electron chi connectivity index (χ0n) is 19.0. The van der Waals surface area contributed by atoms with Crippen LogP contribution in [0.25, 0.3) is 0 Å². The van der Waals surface area contributed by atoms with Crippen molar-refractivity contribution in [1.29, 1.82) is 0 Å². The molecule has 0 fully saturated rings. The molecule has 4 rings (SSSR count). The summed E-state index contributed by atoms with van der Waals surface area (Å²) in [5, 5.41) is 9.42. The lowest BCUT2D eigenvalue weighted by molar-refractivity contribution is 0.0950. The summed E-state index contributed by atoms with van der Waals surface area (Å²) in [6, 6.07) is 19.9. The third-order valence-corrected chi connectivity index (χ3v) is 7.83. The Labute approximate surface area is 203 Å². The van der Waals surface area contributed by atoms with Crippen LogP contribution >= 0.6 is 11.3 Å². The summed E-state index contributed by atoms with van der Waals surface area (Å²) in [4.78, 5) is 13.8. The largest absolute Gasteiger partial charge is 0.348 e. The maximum atomic E-state index is 12.8. The molecule has 2 aromatic carbocycles. The average molecular weight is 495 g/mol. The zero-order chi connectivity index (χ0) is 24.1. The van der Waals surface area contributed by atoms with Crippen molar-refractivity contribution in [3.05, 3.63) is 105 Å². The molecule has 0 saturated heterocycles. The predicted molar refractivity (Wildman–Crippen MR) is 133 cm³/mol. The highest BCUT2D eigenvalue weighted by Crippen LogP contribution is 2.17. The topological polar surface area (TPSA) is 93.1 Å². The van der Waals surface area contributed by atoms with Crippen LogP contribution in [0.3, 0.4) is 0 Å². The van der Waals surface area contributed by atoms with E-state index in [4.69, 9.17) is 0 Å². The molecular formula is C25H26N4O3S2. The number of hydrogen-bond donors (Lipinski definition) is 2. The summed E-state index contributed by atoms with van der Waals surface area (Å²) in [7, 11) is -3.74. The summed E-state index contributed by atoms with van der Waals surface area (Å²) in [6.45, 7) is 5.07. The van der Waals surface area contributed by atoms with Crippen LogP contribution < -0.4 is 10.0 Å². The Hall–Kier alpha value is -3.27. The first-order chi connectivity index (χ1) is 16.3. The van der Waals surface area contributed by atoms with Crippen molar-refractivity contribution < 1.29 is 13.2 Å². The van der Waals surface area contributed by atoms with Crippen LogP contribution in [0.15, 0.2) is 77.0 Å². The van der Waals surface area contributed by atoms with Crippen molar-refractivity contribution in [2.75, 3.05) is 0 Å². The van der Waals surface area contributed by atoms with Crippen molar-refractivity contribution in [3.63, 3.8) is 0 Å². The molecule has 0 atom stereocenters. The van der Waals surface area contributed by atoms with Crippen LogP contribution in [-0.4, -0.2) is 24.1 Å². The molecule has 0 aliphatic heterocycles. The zero-order valence-corrected chi connectivity index (χ0v) is 20.6. The average Bonchev–Trinajstić information content (AvgIpc) is 3.45. The van der Waals surface area contributed by atoms with E-state index in [0.29, 0.717) is 13.1 Å². The van der Waals surface area contributed by atoms with Crippen molar-refractivity contribution >= 4 is 27.3 Å². The van der Waals surface area contributed by atoms with Crippen LogP contribution in [0.2, 0.25) is 0 Å². The number of hydrogen-bond acceptors (Lipinski definition) is 5. The quantitative estimate of drug-likeness (QED) is 0.368. The molecule has 0 bridgehead atoms. The van der Waals surface area contributed by atoms with E-state index < -0.39 is 10.0 Å². The molecule has 0 unspecified atom stereocenters. The molecular weight excluding hydrogens is 468 g/mol. The van der Waals surface area contributed by atoms with Crippen LogP contribution in [0, 0.1) is 13.8 Å². The molecule has 4 aromatic rings. The van der Waals surface area contributed by atoms with Crippen LogP contribution in [0.4, 0.5) is 0 Å². The van der Waals surface area contributed by atoms with Crippen molar-refractivity contribution in [1.82, 2.24) is 19.8 Å². The highest BCUT2D eigenvalue weighted by molar-refractivity contribution is 7.89. The van der Waals surface area contributed by atoms with Gasteiger partial charge in [0.15, 0.2) is 0 Å². The van der Waals surface area contributed by atoms with E-state index in [1.54, 1.807) is 12.1 Å². The van der Waals surface area contributed by atoms with Crippen LogP contribution in [0.5, 0.6) is 0 Å². The molecule has 9 heteroatoms. The van der Waals surface area contributed by atoms with Gasteiger partial charge < -0.3 is 5.32 Å². The van der Waals surface area contributed by atoms with Crippen molar-refractivity contribution in [2.24, 2.45) is 0 Å². The fraction of sp³-hybridized carbons (Fsp3) is 0.200. The number of aromatic nitrogens is 2. The molecule has 0 aliphatic carbocycles. The van der Waals surface area contributed by atoms with Gasteiger partial charge in [0, 0.05) is 34.8 Å². The van der Waals surface area contributed by atoms with Gasteiger partial charge in [-0.25, -0.2) is 13.1 Å². The Balaban J connectivity index is 1.42. The molecule has 34 heavy (non-hydrogen) atoms. The normalized spacial score (nSPS) is 11.5. The minimum absolute atomic E-state index is 0.0553. The van der Waals surface area contributed by atoms with Gasteiger partial charge in [-0.3, -0.25) is 9.48 Å². The second-order valence-electron chi connectivity index (χ2n) is 7.91. The number of amides is 1. The molecule has 2 aromatic heterocycles. The van der Waals surface area contributed by atoms with Gasteiger partial charge in [0.2, 0.25) is 10.0 Å². The number of carbonyl (C=O) groups is 1. The number of nitrogens with zero attached hydrogens (tertiary/aromatic N) is 2. The maximum Gasteiger partial charge on any atom is 0.251 e. The van der Waals surface area contributed by atoms with Gasteiger partial charge in [-0.1, -0.05) is 42.5 Å². The molecule has 0 aliphatic rings. The van der Waals surface area contributed by atoms with Gasteiger partial charge in [0.1, 0.15) is 0 Å². The fourth-order valence-corrected chi connectivity index (χ4v) is 5.43. The molecule has 2 N–H and O–H groups in total. The number of aryl methyl sites for hydroxylation is 1. The maximum absolute atomic E-state index is 12.8. The number of carbonyl (C=O) groups excluding carboxylic acids is 1. The lowest BCUT2D eigenvalue weighted by Gasteiger charge is -2.09. The van der Waals surface area contributed by atoms with Gasteiger partial charge in [0.05, 0.1) is 17.1 Å². The second-order valence-corrected chi connectivity index (χ2v) is 10.7. The molecule has 7 nitrogen and oxygen atoms in total. The molecule has 2 heterocycles. The van der Waals surface area contributed by atoms with Crippen molar-refractivity contribution in [3.8, 4) is 0 Å². The first kappa shape index (κ1) is 23.9. The Morgan fingerprint density at radius 3 is 2.53 bits per heavy atom. The van der Waals surface area contributed by atoms with E-state index in [9.17, 15) is 13.2 Å². The molecule has 0 radical (unpaired) electrons. The Morgan fingerprint density at radius 2 is 1.79 bits per heavy atom. The number of nitrogens with one attached hydrogen (secondary N) is 2. The van der Waals surface area contributed by atoms with Crippen LogP contribution in [0.1, 0.15) is 37.7 Å². The first-order valence-corrected chi connectivity index (χ1v) is 13.2. The van der Waals surface area contributed by atoms with E-state index in [1.165, 1.54) is 23.5 Å².